The molecule has 1 saturated heterocycles. The Balaban J connectivity index is 1.71. The molecule has 2 heterocycles. The first-order valence-corrected chi connectivity index (χ1v) is 7.26. The topological polar surface area (TPSA) is 61.4 Å². The van der Waals surface area contributed by atoms with Crippen LogP contribution in [0.25, 0.3) is 0 Å². The summed E-state index contributed by atoms with van der Waals surface area (Å²) in [6, 6.07) is 7.60. The molecule has 2 aliphatic rings. The number of nitrogens with zero attached hydrogens (tertiary/aromatic N) is 1. The molecule has 110 valence electrons. The largest absolute Gasteiger partial charge is 0.356 e. The number of hydrogen-bond donors (Lipinski definition) is 2. The minimum Gasteiger partial charge on any atom is -0.356 e. The summed E-state index contributed by atoms with van der Waals surface area (Å²) >= 11 is 0. The molecule has 0 aromatic heterocycles. The minimum absolute atomic E-state index is 0.0107. The second-order valence-corrected chi connectivity index (χ2v) is 5.50. The van der Waals surface area contributed by atoms with Crippen LogP contribution in [-0.4, -0.2) is 30.4 Å². The Bertz CT molecular complexity index is 585. The number of rotatable bonds is 4. The van der Waals surface area contributed by atoms with Crippen molar-refractivity contribution < 1.29 is 9.59 Å². The number of carbonyl (C=O) groups excluding carboxylic acids is 2. The van der Waals surface area contributed by atoms with Crippen LogP contribution in [0.4, 0.5) is 11.4 Å². The van der Waals surface area contributed by atoms with E-state index in [1.54, 1.807) is 6.08 Å². The molecule has 0 aliphatic carbocycles. The minimum atomic E-state index is -0.190. The molecular weight excluding hydrogens is 266 g/mol. The van der Waals surface area contributed by atoms with Crippen molar-refractivity contribution in [1.29, 1.82) is 0 Å². The van der Waals surface area contributed by atoms with Crippen molar-refractivity contribution >= 4 is 23.2 Å². The van der Waals surface area contributed by atoms with E-state index < -0.39 is 0 Å². The fourth-order valence-electron chi connectivity index (χ4n) is 3.03. The van der Waals surface area contributed by atoms with Crippen LogP contribution in [-0.2, 0) is 9.59 Å². The van der Waals surface area contributed by atoms with E-state index in [1.807, 2.05) is 24.3 Å². The van der Waals surface area contributed by atoms with Crippen molar-refractivity contribution in [3.8, 4) is 0 Å². The van der Waals surface area contributed by atoms with Crippen LogP contribution >= 0.6 is 0 Å². The predicted octanol–water partition coefficient (Wildman–Crippen LogP) is 1.67. The van der Waals surface area contributed by atoms with Crippen molar-refractivity contribution in [1.82, 2.24) is 5.32 Å². The molecule has 1 aromatic rings. The summed E-state index contributed by atoms with van der Waals surface area (Å²) in [5.41, 5.74) is 1.88. The van der Waals surface area contributed by atoms with E-state index in [4.69, 9.17) is 0 Å². The highest BCUT2D eigenvalue weighted by Gasteiger charge is 2.41. The highest BCUT2D eigenvalue weighted by Crippen LogP contribution is 2.36. The smallest absolute Gasteiger partial charge is 0.247 e. The number of nitrogens with one attached hydrogen (secondary N) is 2. The number of allylic oxidation sites excluding steroid dienone is 1. The van der Waals surface area contributed by atoms with Crippen LogP contribution < -0.4 is 15.5 Å². The number of para-hydroxylation sites is 2. The lowest BCUT2D eigenvalue weighted by Crippen LogP contribution is -2.44. The van der Waals surface area contributed by atoms with Crippen LogP contribution in [0.1, 0.15) is 19.3 Å². The van der Waals surface area contributed by atoms with Crippen LogP contribution in [0, 0.1) is 0 Å². The van der Waals surface area contributed by atoms with Gasteiger partial charge in [0.15, 0.2) is 0 Å². The summed E-state index contributed by atoms with van der Waals surface area (Å²) in [6.45, 7) is 4.29. The molecule has 2 amide bonds. The Kier molecular flexibility index (Phi) is 3.64. The monoisotopic (exact) mass is 285 g/mol. The summed E-state index contributed by atoms with van der Waals surface area (Å²) in [7, 11) is 0. The molecular formula is C16H19N3O2. The van der Waals surface area contributed by atoms with E-state index in [-0.39, 0.29) is 23.9 Å². The molecule has 2 aliphatic heterocycles. The molecule has 0 saturated carbocycles. The molecule has 21 heavy (non-hydrogen) atoms. The van der Waals surface area contributed by atoms with E-state index in [9.17, 15) is 9.59 Å². The Morgan fingerprint density at radius 3 is 3.10 bits per heavy atom. The molecule has 5 nitrogen and oxygen atoms in total. The lowest BCUT2D eigenvalue weighted by molar-refractivity contribution is -0.122. The zero-order valence-corrected chi connectivity index (χ0v) is 11.8. The van der Waals surface area contributed by atoms with Crippen molar-refractivity contribution in [2.45, 2.75) is 31.3 Å². The van der Waals surface area contributed by atoms with Gasteiger partial charge in [0.2, 0.25) is 11.8 Å². The highest BCUT2D eigenvalue weighted by molar-refractivity contribution is 6.04. The SMILES string of the molecule is C=CCCC(=O)NC1CC2C(=O)Nc3ccccc3N2C1. The van der Waals surface area contributed by atoms with Crippen molar-refractivity contribution in [3.63, 3.8) is 0 Å². The average Bonchev–Trinajstić information content (AvgIpc) is 2.90. The molecule has 1 fully saturated rings. The summed E-state index contributed by atoms with van der Waals surface area (Å²) < 4.78 is 0. The molecule has 1 aromatic carbocycles. The first kappa shape index (κ1) is 13.7. The zero-order chi connectivity index (χ0) is 14.8. The summed E-state index contributed by atoms with van der Waals surface area (Å²) in [5, 5.41) is 5.95. The number of amides is 2. The highest BCUT2D eigenvalue weighted by atomic mass is 16.2. The Morgan fingerprint density at radius 1 is 1.48 bits per heavy atom. The summed E-state index contributed by atoms with van der Waals surface area (Å²) in [5.74, 6) is 0.0324. The zero-order valence-electron chi connectivity index (χ0n) is 11.8. The molecule has 0 radical (unpaired) electrons. The van der Waals surface area contributed by atoms with Gasteiger partial charge in [0.05, 0.1) is 11.4 Å². The normalized spacial score (nSPS) is 23.0. The van der Waals surface area contributed by atoms with Gasteiger partial charge >= 0.3 is 0 Å². The molecule has 2 atom stereocenters. The Hall–Kier alpha value is -2.30. The number of carbonyl (C=O) groups is 2. The second kappa shape index (κ2) is 5.60. The van der Waals surface area contributed by atoms with Gasteiger partial charge in [-0.1, -0.05) is 18.2 Å². The van der Waals surface area contributed by atoms with Gasteiger partial charge in [-0.05, 0) is 25.0 Å². The maximum Gasteiger partial charge on any atom is 0.247 e. The van der Waals surface area contributed by atoms with Gasteiger partial charge in [-0.2, -0.15) is 0 Å². The quantitative estimate of drug-likeness (QED) is 0.827. The Labute approximate surface area is 124 Å². The molecule has 2 unspecified atom stereocenters. The second-order valence-electron chi connectivity index (χ2n) is 5.50. The summed E-state index contributed by atoms with van der Waals surface area (Å²) in [6.07, 6.45) is 3.52. The van der Waals surface area contributed by atoms with Crippen molar-refractivity contribution in [2.75, 3.05) is 16.8 Å². The third kappa shape index (κ3) is 2.63. The molecule has 3 rings (SSSR count). The molecule has 5 heteroatoms. The van der Waals surface area contributed by atoms with E-state index in [1.165, 1.54) is 0 Å². The van der Waals surface area contributed by atoms with Crippen molar-refractivity contribution in [2.24, 2.45) is 0 Å². The van der Waals surface area contributed by atoms with E-state index in [0.29, 0.717) is 25.8 Å². The van der Waals surface area contributed by atoms with E-state index >= 15 is 0 Å². The van der Waals surface area contributed by atoms with Gasteiger partial charge in [0.25, 0.3) is 0 Å². The first-order chi connectivity index (χ1) is 10.2. The first-order valence-electron chi connectivity index (χ1n) is 7.26. The number of fused-ring (bicyclic) bond motifs is 3. The van der Waals surface area contributed by atoms with Crippen LogP contribution in [0.5, 0.6) is 0 Å². The van der Waals surface area contributed by atoms with Gasteiger partial charge < -0.3 is 15.5 Å². The van der Waals surface area contributed by atoms with Crippen molar-refractivity contribution in [3.05, 3.63) is 36.9 Å². The standard InChI is InChI=1S/C16H19N3O2/c1-2-3-8-15(20)17-11-9-14-16(21)18-12-6-4-5-7-13(12)19(14)10-11/h2,4-7,11,14H,1,3,8-10H2,(H,17,20)(H,18,21). The average molecular weight is 285 g/mol. The van der Waals surface area contributed by atoms with Gasteiger partial charge in [-0.3, -0.25) is 9.59 Å². The number of benzene rings is 1. The lowest BCUT2D eigenvalue weighted by Gasteiger charge is -2.32. The Morgan fingerprint density at radius 2 is 2.29 bits per heavy atom. The fourth-order valence-corrected chi connectivity index (χ4v) is 3.03. The van der Waals surface area contributed by atoms with E-state index in [0.717, 1.165) is 11.4 Å². The summed E-state index contributed by atoms with van der Waals surface area (Å²) in [4.78, 5) is 26.1. The van der Waals surface area contributed by atoms with Crippen LogP contribution in [0.15, 0.2) is 36.9 Å². The molecule has 0 spiro atoms. The number of anilines is 2. The third-order valence-corrected chi connectivity index (χ3v) is 4.02. The molecule has 0 bridgehead atoms. The maximum absolute atomic E-state index is 12.2. The van der Waals surface area contributed by atoms with E-state index in [2.05, 4.69) is 22.1 Å². The molecule has 2 N–H and O–H groups in total. The van der Waals surface area contributed by atoms with Crippen LogP contribution in [0.2, 0.25) is 0 Å². The van der Waals surface area contributed by atoms with Gasteiger partial charge in [0, 0.05) is 19.0 Å². The number of hydrogen-bond acceptors (Lipinski definition) is 3. The van der Waals surface area contributed by atoms with Gasteiger partial charge in [0.1, 0.15) is 6.04 Å². The fraction of sp³-hybridized carbons (Fsp3) is 0.375. The third-order valence-electron chi connectivity index (χ3n) is 4.02. The lowest BCUT2D eigenvalue weighted by atomic mass is 10.1. The maximum atomic E-state index is 12.2. The van der Waals surface area contributed by atoms with Gasteiger partial charge in [-0.25, -0.2) is 0 Å². The van der Waals surface area contributed by atoms with Crippen LogP contribution in [0.3, 0.4) is 0 Å². The van der Waals surface area contributed by atoms with Gasteiger partial charge in [-0.15, -0.1) is 6.58 Å². The predicted molar refractivity (Wildman–Crippen MR) is 82.2 cm³/mol.